The maximum absolute atomic E-state index is 9.13. The fraction of sp³-hybridized carbons (Fsp3) is 0.143. The van der Waals surface area contributed by atoms with E-state index in [-0.39, 0.29) is 0 Å². The second kappa shape index (κ2) is 6.20. The van der Waals surface area contributed by atoms with Crippen LogP contribution in [0.3, 0.4) is 0 Å². The number of aromatic nitrogens is 1. The van der Waals surface area contributed by atoms with Gasteiger partial charge in [-0.25, -0.2) is 0 Å². The second-order valence-corrected chi connectivity index (χ2v) is 4.35. The Morgan fingerprint density at radius 1 is 1.32 bits per heavy atom. The molecule has 4 nitrogen and oxygen atoms in total. The number of pyridine rings is 1. The number of halogens is 1. The number of rotatable bonds is 4. The predicted octanol–water partition coefficient (Wildman–Crippen LogP) is 3.16. The Kier molecular flexibility index (Phi) is 4.36. The van der Waals surface area contributed by atoms with E-state index in [2.05, 4.69) is 10.1 Å². The first-order chi connectivity index (χ1) is 9.22. The molecule has 5 heteroatoms. The van der Waals surface area contributed by atoms with Crippen molar-refractivity contribution in [2.24, 2.45) is 5.16 Å². The van der Waals surface area contributed by atoms with E-state index < -0.39 is 0 Å². The van der Waals surface area contributed by atoms with E-state index in [1.54, 1.807) is 25.4 Å². The summed E-state index contributed by atoms with van der Waals surface area (Å²) in [4.78, 5) is 4.19. The Morgan fingerprint density at radius 3 is 2.63 bits per heavy atom. The summed E-state index contributed by atoms with van der Waals surface area (Å²) in [5, 5.41) is 13.1. The van der Waals surface area contributed by atoms with E-state index in [1.807, 2.05) is 24.3 Å². The molecule has 0 amide bonds. The van der Waals surface area contributed by atoms with Gasteiger partial charge in [0.05, 0.1) is 12.8 Å². The summed E-state index contributed by atoms with van der Waals surface area (Å²) in [5.74, 6) is 0.752. The van der Waals surface area contributed by atoms with Crippen LogP contribution in [0.5, 0.6) is 5.75 Å². The van der Waals surface area contributed by atoms with Crippen molar-refractivity contribution in [3.05, 3.63) is 58.9 Å². The van der Waals surface area contributed by atoms with Crippen LogP contribution in [-0.4, -0.2) is 23.0 Å². The van der Waals surface area contributed by atoms with Gasteiger partial charge < -0.3 is 9.94 Å². The number of ether oxygens (including phenoxy) is 1. The number of nitrogens with zero attached hydrogens (tertiary/aromatic N) is 2. The number of oxime groups is 1. The summed E-state index contributed by atoms with van der Waals surface area (Å²) in [5.41, 5.74) is 2.08. The van der Waals surface area contributed by atoms with Crippen LogP contribution in [0.4, 0.5) is 0 Å². The summed E-state index contributed by atoms with van der Waals surface area (Å²) < 4.78 is 5.08. The van der Waals surface area contributed by atoms with Crippen molar-refractivity contribution in [3.8, 4) is 5.75 Å². The first kappa shape index (κ1) is 13.4. The smallest absolute Gasteiger partial charge is 0.118 e. The van der Waals surface area contributed by atoms with Crippen LogP contribution in [0, 0.1) is 0 Å². The minimum atomic E-state index is 0.406. The molecular formula is C14H13ClN2O2. The molecule has 0 saturated heterocycles. The van der Waals surface area contributed by atoms with Crippen LogP contribution in [0.25, 0.3) is 0 Å². The Hall–Kier alpha value is -2.07. The van der Waals surface area contributed by atoms with Crippen molar-refractivity contribution in [2.75, 3.05) is 7.11 Å². The zero-order valence-electron chi connectivity index (χ0n) is 10.4. The Bertz CT molecular complexity index is 582. The monoisotopic (exact) mass is 276 g/mol. The molecule has 1 aromatic carbocycles. The Balaban J connectivity index is 2.20. The average Bonchev–Trinajstić information content (AvgIpc) is 2.45. The van der Waals surface area contributed by atoms with E-state index >= 15 is 0 Å². The van der Waals surface area contributed by atoms with Gasteiger partial charge in [-0.15, -0.1) is 0 Å². The van der Waals surface area contributed by atoms with Gasteiger partial charge in [0, 0.05) is 23.3 Å². The number of methoxy groups -OCH3 is 1. The van der Waals surface area contributed by atoms with Gasteiger partial charge in [-0.2, -0.15) is 0 Å². The molecule has 0 radical (unpaired) electrons. The molecule has 0 fully saturated rings. The van der Waals surface area contributed by atoms with E-state index in [0.29, 0.717) is 17.2 Å². The third kappa shape index (κ3) is 3.45. The third-order valence-electron chi connectivity index (χ3n) is 2.67. The Labute approximate surface area is 116 Å². The van der Waals surface area contributed by atoms with Crippen LogP contribution < -0.4 is 4.74 Å². The molecule has 0 saturated carbocycles. The predicted molar refractivity (Wildman–Crippen MR) is 74.3 cm³/mol. The van der Waals surface area contributed by atoms with Crippen LogP contribution in [-0.2, 0) is 6.42 Å². The van der Waals surface area contributed by atoms with E-state index in [0.717, 1.165) is 17.0 Å². The molecule has 1 N–H and O–H groups in total. The highest BCUT2D eigenvalue weighted by molar-refractivity contribution is 6.30. The van der Waals surface area contributed by atoms with Gasteiger partial charge in [-0.3, -0.25) is 4.98 Å². The van der Waals surface area contributed by atoms with Gasteiger partial charge in [0.15, 0.2) is 0 Å². The largest absolute Gasteiger partial charge is 0.497 e. The Morgan fingerprint density at radius 2 is 2.05 bits per heavy atom. The van der Waals surface area contributed by atoms with Crippen LogP contribution >= 0.6 is 11.6 Å². The molecule has 2 rings (SSSR count). The quantitative estimate of drug-likeness (QED) is 0.530. The molecule has 0 atom stereocenters. The molecule has 0 aliphatic rings. The lowest BCUT2D eigenvalue weighted by Crippen LogP contribution is -2.06. The molecule has 2 aromatic rings. The van der Waals surface area contributed by atoms with Crippen molar-refractivity contribution in [2.45, 2.75) is 6.42 Å². The normalized spacial score (nSPS) is 11.4. The molecule has 0 spiro atoms. The highest BCUT2D eigenvalue weighted by atomic mass is 35.5. The van der Waals surface area contributed by atoms with Crippen LogP contribution in [0.2, 0.25) is 5.02 Å². The van der Waals surface area contributed by atoms with Crippen molar-refractivity contribution >= 4 is 17.3 Å². The molecule has 1 heterocycles. The molecule has 0 aliphatic heterocycles. The SMILES string of the molecule is COc1ccc(/C(Cc2cc(Cl)ccn2)=N/O)cc1. The van der Waals surface area contributed by atoms with Crippen molar-refractivity contribution in [1.82, 2.24) is 4.98 Å². The van der Waals surface area contributed by atoms with Gasteiger partial charge in [-0.1, -0.05) is 16.8 Å². The van der Waals surface area contributed by atoms with Gasteiger partial charge in [0.1, 0.15) is 5.75 Å². The molecular weight excluding hydrogens is 264 g/mol. The molecule has 98 valence electrons. The van der Waals surface area contributed by atoms with Crippen molar-refractivity contribution in [1.29, 1.82) is 0 Å². The summed E-state index contributed by atoms with van der Waals surface area (Å²) in [7, 11) is 1.60. The summed E-state index contributed by atoms with van der Waals surface area (Å²) in [6.45, 7) is 0. The topological polar surface area (TPSA) is 54.7 Å². The highest BCUT2D eigenvalue weighted by Crippen LogP contribution is 2.15. The maximum atomic E-state index is 9.13. The molecule has 19 heavy (non-hydrogen) atoms. The zero-order chi connectivity index (χ0) is 13.7. The number of hydrogen-bond donors (Lipinski definition) is 1. The zero-order valence-corrected chi connectivity index (χ0v) is 11.1. The lowest BCUT2D eigenvalue weighted by atomic mass is 10.1. The number of benzene rings is 1. The summed E-state index contributed by atoms with van der Waals surface area (Å²) >= 11 is 5.90. The maximum Gasteiger partial charge on any atom is 0.118 e. The first-order valence-electron chi connectivity index (χ1n) is 5.68. The fourth-order valence-electron chi connectivity index (χ4n) is 1.70. The molecule has 1 aromatic heterocycles. The van der Waals surface area contributed by atoms with Crippen molar-refractivity contribution < 1.29 is 9.94 Å². The standard InChI is InChI=1S/C14H13ClN2O2/c1-19-13-4-2-10(3-5-13)14(17-18)9-12-8-11(15)6-7-16-12/h2-8,18H,9H2,1H3/b17-14+. The van der Waals surface area contributed by atoms with E-state index in [9.17, 15) is 0 Å². The summed E-state index contributed by atoms with van der Waals surface area (Å²) in [6.07, 6.45) is 2.03. The van der Waals surface area contributed by atoms with E-state index in [4.69, 9.17) is 21.5 Å². The third-order valence-corrected chi connectivity index (χ3v) is 2.91. The first-order valence-corrected chi connectivity index (χ1v) is 6.06. The summed E-state index contributed by atoms with van der Waals surface area (Å²) in [6, 6.07) is 10.7. The lowest BCUT2D eigenvalue weighted by Gasteiger charge is -2.06. The van der Waals surface area contributed by atoms with Crippen molar-refractivity contribution in [3.63, 3.8) is 0 Å². The van der Waals surface area contributed by atoms with Crippen LogP contribution in [0.1, 0.15) is 11.3 Å². The minimum Gasteiger partial charge on any atom is -0.497 e. The van der Waals surface area contributed by atoms with Gasteiger partial charge >= 0.3 is 0 Å². The molecule has 0 unspecified atom stereocenters. The molecule has 0 bridgehead atoms. The fourth-order valence-corrected chi connectivity index (χ4v) is 1.88. The average molecular weight is 277 g/mol. The molecule has 0 aliphatic carbocycles. The highest BCUT2D eigenvalue weighted by Gasteiger charge is 2.07. The van der Waals surface area contributed by atoms with Crippen LogP contribution in [0.15, 0.2) is 47.8 Å². The lowest BCUT2D eigenvalue weighted by molar-refractivity contribution is 0.318. The number of hydrogen-bond acceptors (Lipinski definition) is 4. The van der Waals surface area contributed by atoms with Gasteiger partial charge in [-0.05, 0) is 42.0 Å². The van der Waals surface area contributed by atoms with Gasteiger partial charge in [0.2, 0.25) is 0 Å². The second-order valence-electron chi connectivity index (χ2n) is 3.92. The minimum absolute atomic E-state index is 0.406. The van der Waals surface area contributed by atoms with E-state index in [1.165, 1.54) is 0 Å². The van der Waals surface area contributed by atoms with Gasteiger partial charge in [0.25, 0.3) is 0 Å².